The van der Waals surface area contributed by atoms with Gasteiger partial charge in [-0.05, 0) is 32.1 Å². The van der Waals surface area contributed by atoms with Crippen LogP contribution in [0.5, 0.6) is 5.75 Å². The van der Waals surface area contributed by atoms with E-state index in [4.69, 9.17) is 9.84 Å². The lowest BCUT2D eigenvalue weighted by atomic mass is 10.1. The van der Waals surface area contributed by atoms with Crippen LogP contribution in [-0.4, -0.2) is 50.4 Å². The lowest BCUT2D eigenvalue weighted by Crippen LogP contribution is -2.45. The van der Waals surface area contributed by atoms with Gasteiger partial charge in [0, 0.05) is 6.54 Å². The van der Waals surface area contributed by atoms with Crippen molar-refractivity contribution in [3.05, 3.63) is 23.8 Å². The highest BCUT2D eigenvalue weighted by molar-refractivity contribution is 5.99. The largest absolute Gasteiger partial charge is 0.489 e. The molecule has 0 aliphatic carbocycles. The summed E-state index contributed by atoms with van der Waals surface area (Å²) in [6, 6.07) is 4.53. The van der Waals surface area contributed by atoms with Crippen LogP contribution in [0.2, 0.25) is 0 Å². The van der Waals surface area contributed by atoms with Gasteiger partial charge in [0.25, 0.3) is 0 Å². The van der Waals surface area contributed by atoms with Crippen molar-refractivity contribution >= 4 is 17.7 Å². The number of carbonyl (C=O) groups is 2. The first-order valence-corrected chi connectivity index (χ1v) is 6.84. The zero-order chi connectivity index (χ0) is 15.2. The Morgan fingerprint density at radius 2 is 2.19 bits per heavy atom. The van der Waals surface area contributed by atoms with Crippen molar-refractivity contribution in [2.45, 2.75) is 6.42 Å². The van der Waals surface area contributed by atoms with E-state index < -0.39 is 5.97 Å². The van der Waals surface area contributed by atoms with E-state index in [1.807, 2.05) is 7.05 Å². The molecule has 3 N–H and O–H groups in total. The van der Waals surface area contributed by atoms with E-state index in [1.54, 1.807) is 12.1 Å². The first-order chi connectivity index (χ1) is 10.1. The number of hydrogen-bond donors (Lipinski definition) is 3. The average molecular weight is 293 g/mol. The molecule has 0 radical (unpaired) electrons. The number of amides is 2. The number of urea groups is 1. The molecule has 0 saturated heterocycles. The molecule has 1 aromatic rings. The Kier molecular flexibility index (Phi) is 4.99. The molecule has 1 aromatic carbocycles. The minimum atomic E-state index is -1.07. The van der Waals surface area contributed by atoms with Gasteiger partial charge in [0.15, 0.2) is 5.75 Å². The topological polar surface area (TPSA) is 90.9 Å². The van der Waals surface area contributed by atoms with Crippen LogP contribution in [0.1, 0.15) is 16.8 Å². The highest BCUT2D eigenvalue weighted by atomic mass is 16.5. The van der Waals surface area contributed by atoms with Gasteiger partial charge in [0.2, 0.25) is 0 Å². The van der Waals surface area contributed by atoms with Gasteiger partial charge in [-0.2, -0.15) is 0 Å². The van der Waals surface area contributed by atoms with Crippen LogP contribution >= 0.6 is 0 Å². The van der Waals surface area contributed by atoms with Crippen LogP contribution in [0.15, 0.2) is 18.2 Å². The summed E-state index contributed by atoms with van der Waals surface area (Å²) in [7, 11) is 1.85. The molecule has 0 unspecified atom stereocenters. The Balaban J connectivity index is 2.13. The van der Waals surface area contributed by atoms with E-state index in [2.05, 4.69) is 10.6 Å². The smallest absolute Gasteiger partial charge is 0.339 e. The number of carbonyl (C=O) groups excluding carboxylic acids is 1. The van der Waals surface area contributed by atoms with Crippen LogP contribution in [0.4, 0.5) is 10.5 Å². The number of nitrogens with zero attached hydrogens (tertiary/aromatic N) is 1. The van der Waals surface area contributed by atoms with Crippen molar-refractivity contribution in [2.75, 3.05) is 38.2 Å². The molecule has 0 fully saturated rings. The third-order valence-electron chi connectivity index (χ3n) is 3.20. The first kappa shape index (κ1) is 15.1. The van der Waals surface area contributed by atoms with Crippen LogP contribution in [0, 0.1) is 0 Å². The van der Waals surface area contributed by atoms with Crippen LogP contribution in [0.25, 0.3) is 0 Å². The van der Waals surface area contributed by atoms with Crippen molar-refractivity contribution < 1.29 is 19.4 Å². The summed E-state index contributed by atoms with van der Waals surface area (Å²) in [5.41, 5.74) is 0.562. The third kappa shape index (κ3) is 3.43. The highest BCUT2D eigenvalue weighted by Gasteiger charge is 2.27. The van der Waals surface area contributed by atoms with Crippen LogP contribution in [0.3, 0.4) is 0 Å². The number of aromatic carboxylic acids is 1. The first-order valence-electron chi connectivity index (χ1n) is 6.84. The summed E-state index contributed by atoms with van der Waals surface area (Å²) in [6.07, 6.45) is 0.828. The number of hydrogen-bond acceptors (Lipinski definition) is 4. The average Bonchev–Trinajstić information content (AvgIpc) is 2.50. The molecule has 1 aliphatic rings. The Morgan fingerprint density at radius 3 is 2.90 bits per heavy atom. The van der Waals surface area contributed by atoms with Crippen molar-refractivity contribution in [3.8, 4) is 5.75 Å². The lowest BCUT2D eigenvalue weighted by Gasteiger charge is -2.30. The molecule has 21 heavy (non-hydrogen) atoms. The molecule has 0 saturated carbocycles. The predicted octanol–water partition coefficient (Wildman–Crippen LogP) is 0.903. The maximum Gasteiger partial charge on any atom is 0.339 e. The number of para-hydroxylation sites is 1. The van der Waals surface area contributed by atoms with E-state index >= 15 is 0 Å². The summed E-state index contributed by atoms with van der Waals surface area (Å²) >= 11 is 0. The lowest BCUT2D eigenvalue weighted by molar-refractivity contribution is 0.0692. The summed E-state index contributed by atoms with van der Waals surface area (Å²) in [5, 5.41) is 15.0. The van der Waals surface area contributed by atoms with Crippen molar-refractivity contribution in [3.63, 3.8) is 0 Å². The van der Waals surface area contributed by atoms with Crippen LogP contribution in [-0.2, 0) is 0 Å². The second-order valence-electron chi connectivity index (χ2n) is 4.65. The Morgan fingerprint density at radius 1 is 1.38 bits per heavy atom. The summed E-state index contributed by atoms with van der Waals surface area (Å²) in [5.74, 6) is -0.815. The van der Waals surface area contributed by atoms with E-state index in [0.29, 0.717) is 18.8 Å². The fraction of sp³-hybridized carbons (Fsp3) is 0.429. The van der Waals surface area contributed by atoms with Gasteiger partial charge >= 0.3 is 12.0 Å². The standard InChI is InChI=1S/C14H19N3O4/c1-15-6-3-7-16-14(20)17-8-9-21-12-10(13(18)19)4-2-5-11(12)17/h2,4-5,15H,3,6-9H2,1H3,(H,16,20)(H,18,19). The SMILES string of the molecule is CNCCCNC(=O)N1CCOc2c(C(=O)O)cccc21. The van der Waals surface area contributed by atoms with E-state index in [0.717, 1.165) is 13.0 Å². The molecule has 7 heteroatoms. The molecule has 1 aliphatic heterocycles. The van der Waals surface area contributed by atoms with Gasteiger partial charge in [-0.25, -0.2) is 9.59 Å². The molecule has 0 bridgehead atoms. The van der Waals surface area contributed by atoms with Gasteiger partial charge in [-0.3, -0.25) is 4.90 Å². The normalized spacial score (nSPS) is 13.3. The van der Waals surface area contributed by atoms with Gasteiger partial charge < -0.3 is 20.5 Å². The molecule has 7 nitrogen and oxygen atoms in total. The fourth-order valence-corrected chi connectivity index (χ4v) is 2.18. The van der Waals surface area contributed by atoms with E-state index in [1.165, 1.54) is 11.0 Å². The number of fused-ring (bicyclic) bond motifs is 1. The molecule has 1 heterocycles. The maximum absolute atomic E-state index is 12.2. The number of nitrogens with one attached hydrogen (secondary N) is 2. The number of carboxylic acid groups (broad SMARTS) is 1. The van der Waals surface area contributed by atoms with E-state index in [9.17, 15) is 9.59 Å². The zero-order valence-electron chi connectivity index (χ0n) is 11.9. The Labute approximate surface area is 122 Å². The second-order valence-corrected chi connectivity index (χ2v) is 4.65. The third-order valence-corrected chi connectivity index (χ3v) is 3.20. The van der Waals surface area contributed by atoms with Gasteiger partial charge in [0.1, 0.15) is 12.2 Å². The Bertz CT molecular complexity index is 533. The molecule has 2 amide bonds. The molecule has 0 atom stereocenters. The monoisotopic (exact) mass is 293 g/mol. The van der Waals surface area contributed by atoms with Crippen molar-refractivity contribution in [1.29, 1.82) is 0 Å². The molecular formula is C14H19N3O4. The van der Waals surface area contributed by atoms with Gasteiger partial charge in [-0.1, -0.05) is 6.07 Å². The minimum absolute atomic E-state index is 0.0696. The van der Waals surface area contributed by atoms with E-state index in [-0.39, 0.29) is 24.0 Å². The fourth-order valence-electron chi connectivity index (χ4n) is 2.18. The number of benzene rings is 1. The number of carboxylic acids is 1. The van der Waals surface area contributed by atoms with Crippen molar-refractivity contribution in [1.82, 2.24) is 10.6 Å². The zero-order valence-corrected chi connectivity index (χ0v) is 11.9. The quantitative estimate of drug-likeness (QED) is 0.702. The number of ether oxygens (including phenoxy) is 1. The molecule has 0 aromatic heterocycles. The predicted molar refractivity (Wildman–Crippen MR) is 78.2 cm³/mol. The van der Waals surface area contributed by atoms with Crippen LogP contribution < -0.4 is 20.3 Å². The molecular weight excluding hydrogens is 274 g/mol. The summed E-state index contributed by atoms with van der Waals surface area (Å²) in [4.78, 5) is 24.9. The molecule has 2 rings (SSSR count). The molecule has 114 valence electrons. The number of anilines is 1. The summed E-state index contributed by atoms with van der Waals surface area (Å²) < 4.78 is 5.43. The summed E-state index contributed by atoms with van der Waals surface area (Å²) in [6.45, 7) is 2.06. The van der Waals surface area contributed by atoms with Gasteiger partial charge in [-0.15, -0.1) is 0 Å². The Hall–Kier alpha value is -2.28. The van der Waals surface area contributed by atoms with Gasteiger partial charge in [0.05, 0.1) is 12.2 Å². The minimum Gasteiger partial charge on any atom is -0.489 e. The molecule has 0 spiro atoms. The van der Waals surface area contributed by atoms with Crippen molar-refractivity contribution in [2.24, 2.45) is 0 Å². The highest BCUT2D eigenvalue weighted by Crippen LogP contribution is 2.34. The second kappa shape index (κ2) is 6.94. The maximum atomic E-state index is 12.2. The number of rotatable bonds is 5.